The largest absolute Gasteiger partial charge is 0.466 e. The van der Waals surface area contributed by atoms with E-state index in [-0.39, 0.29) is 37.7 Å². The van der Waals surface area contributed by atoms with E-state index in [1.807, 2.05) is 0 Å². The van der Waals surface area contributed by atoms with Gasteiger partial charge in [-0.05, 0) is 37.1 Å². The van der Waals surface area contributed by atoms with Crippen molar-refractivity contribution in [1.82, 2.24) is 4.31 Å². The molecule has 1 aromatic carbocycles. The van der Waals surface area contributed by atoms with Crippen LogP contribution in [0, 0.1) is 0 Å². The summed E-state index contributed by atoms with van der Waals surface area (Å²) >= 11 is 0. The lowest BCUT2D eigenvalue weighted by Gasteiger charge is -2.18. The maximum absolute atomic E-state index is 13.2. The number of halogens is 3. The number of hydrogen-bond acceptors (Lipinski definition) is 5. The first-order chi connectivity index (χ1) is 12.0. The molecule has 146 valence electrons. The smallest absolute Gasteiger partial charge is 0.416 e. The SMILES string of the molecule is CCOC(=O)CCc1cc(C(F)(F)F)cc(S(=O)(=O)N(C)C[C@H]2CO2)c1. The van der Waals surface area contributed by atoms with Gasteiger partial charge in [-0.25, -0.2) is 8.42 Å². The van der Waals surface area contributed by atoms with E-state index >= 15 is 0 Å². The van der Waals surface area contributed by atoms with Crippen molar-refractivity contribution in [1.29, 1.82) is 0 Å². The first-order valence-corrected chi connectivity index (χ1v) is 9.42. The zero-order chi connectivity index (χ0) is 19.5. The van der Waals surface area contributed by atoms with E-state index < -0.39 is 32.6 Å². The molecule has 1 heterocycles. The fraction of sp³-hybridized carbons (Fsp3) is 0.562. The van der Waals surface area contributed by atoms with Gasteiger partial charge in [0.2, 0.25) is 10.0 Å². The Labute approximate surface area is 149 Å². The minimum Gasteiger partial charge on any atom is -0.466 e. The molecule has 26 heavy (non-hydrogen) atoms. The maximum Gasteiger partial charge on any atom is 0.416 e. The highest BCUT2D eigenvalue weighted by Gasteiger charge is 2.35. The molecule has 1 fully saturated rings. The number of carbonyl (C=O) groups is 1. The van der Waals surface area contributed by atoms with Gasteiger partial charge in [0.25, 0.3) is 0 Å². The second kappa shape index (κ2) is 7.93. The van der Waals surface area contributed by atoms with E-state index in [0.717, 1.165) is 16.4 Å². The second-order valence-corrected chi connectivity index (χ2v) is 7.95. The lowest BCUT2D eigenvalue weighted by atomic mass is 10.1. The van der Waals surface area contributed by atoms with Crippen LogP contribution in [-0.2, 0) is 36.9 Å². The Hall–Kier alpha value is -1.65. The fourth-order valence-corrected chi connectivity index (χ4v) is 3.63. The predicted molar refractivity (Wildman–Crippen MR) is 86.0 cm³/mol. The highest BCUT2D eigenvalue weighted by atomic mass is 32.2. The fourth-order valence-electron chi connectivity index (χ4n) is 2.34. The number of benzene rings is 1. The molecule has 0 bridgehead atoms. The van der Waals surface area contributed by atoms with Crippen molar-refractivity contribution < 1.29 is 35.9 Å². The van der Waals surface area contributed by atoms with Gasteiger partial charge in [-0.2, -0.15) is 17.5 Å². The van der Waals surface area contributed by atoms with E-state index in [0.29, 0.717) is 12.7 Å². The van der Waals surface area contributed by atoms with Gasteiger partial charge in [0.05, 0.1) is 29.8 Å². The Morgan fingerprint density at radius 1 is 1.35 bits per heavy atom. The van der Waals surface area contributed by atoms with Crippen molar-refractivity contribution >= 4 is 16.0 Å². The topological polar surface area (TPSA) is 76.2 Å². The van der Waals surface area contributed by atoms with Crippen LogP contribution in [0.2, 0.25) is 0 Å². The Kier molecular flexibility index (Phi) is 6.30. The molecule has 6 nitrogen and oxygen atoms in total. The summed E-state index contributed by atoms with van der Waals surface area (Å²) in [5, 5.41) is 0. The van der Waals surface area contributed by atoms with E-state index in [9.17, 15) is 26.4 Å². The normalized spacial score (nSPS) is 17.4. The third-order valence-electron chi connectivity index (χ3n) is 3.79. The highest BCUT2D eigenvalue weighted by molar-refractivity contribution is 7.89. The molecule has 0 radical (unpaired) electrons. The minimum absolute atomic E-state index is 0.0548. The zero-order valence-electron chi connectivity index (χ0n) is 14.4. The highest BCUT2D eigenvalue weighted by Crippen LogP contribution is 2.33. The van der Waals surface area contributed by atoms with Gasteiger partial charge in [-0.3, -0.25) is 4.79 Å². The van der Waals surface area contributed by atoms with Crippen LogP contribution in [0.1, 0.15) is 24.5 Å². The maximum atomic E-state index is 13.2. The number of alkyl halides is 3. The van der Waals surface area contributed by atoms with Gasteiger partial charge in [0.15, 0.2) is 0 Å². The van der Waals surface area contributed by atoms with Crippen molar-refractivity contribution in [2.75, 3.05) is 26.8 Å². The molecule has 0 aliphatic carbocycles. The molecule has 0 amide bonds. The van der Waals surface area contributed by atoms with Crippen molar-refractivity contribution in [3.63, 3.8) is 0 Å². The van der Waals surface area contributed by atoms with Crippen LogP contribution in [0.4, 0.5) is 13.2 Å². The molecule has 1 aliphatic heterocycles. The minimum atomic E-state index is -4.71. The van der Waals surface area contributed by atoms with Crippen molar-refractivity contribution in [3.8, 4) is 0 Å². The molecular weight excluding hydrogens is 375 g/mol. The number of ether oxygens (including phenoxy) is 2. The van der Waals surface area contributed by atoms with Crippen LogP contribution in [0.3, 0.4) is 0 Å². The van der Waals surface area contributed by atoms with Gasteiger partial charge < -0.3 is 9.47 Å². The lowest BCUT2D eigenvalue weighted by Crippen LogP contribution is -2.30. The van der Waals surface area contributed by atoms with Crippen LogP contribution >= 0.6 is 0 Å². The molecule has 0 unspecified atom stereocenters. The molecular formula is C16H20F3NO5S. The summed E-state index contributed by atoms with van der Waals surface area (Å²) in [4.78, 5) is 11.0. The molecule has 2 rings (SSSR count). The van der Waals surface area contributed by atoms with Crippen molar-refractivity contribution in [2.24, 2.45) is 0 Å². The van der Waals surface area contributed by atoms with Crippen molar-refractivity contribution in [2.45, 2.75) is 36.9 Å². The Bertz CT molecular complexity index is 760. The number of esters is 1. The van der Waals surface area contributed by atoms with Gasteiger partial charge in [-0.15, -0.1) is 0 Å². The summed E-state index contributed by atoms with van der Waals surface area (Å²) in [7, 11) is -2.82. The van der Waals surface area contributed by atoms with Crippen LogP contribution in [0.15, 0.2) is 23.1 Å². The number of aryl methyl sites for hydroxylation is 1. The number of hydrogen-bond donors (Lipinski definition) is 0. The van der Waals surface area contributed by atoms with Gasteiger partial charge in [-0.1, -0.05) is 0 Å². The van der Waals surface area contributed by atoms with Crippen LogP contribution in [-0.4, -0.2) is 51.6 Å². The molecule has 0 N–H and O–H groups in total. The average molecular weight is 395 g/mol. The quantitative estimate of drug-likeness (QED) is 0.498. The zero-order valence-corrected chi connectivity index (χ0v) is 15.2. The molecule has 10 heteroatoms. The van der Waals surface area contributed by atoms with E-state index in [2.05, 4.69) is 0 Å². The molecule has 1 aromatic rings. The van der Waals surface area contributed by atoms with E-state index in [1.165, 1.54) is 7.05 Å². The summed E-state index contributed by atoms with van der Waals surface area (Å²) in [6.07, 6.45) is -5.13. The van der Waals surface area contributed by atoms with Gasteiger partial charge >= 0.3 is 12.1 Å². The van der Waals surface area contributed by atoms with Gasteiger partial charge in [0.1, 0.15) is 0 Å². The first kappa shape index (κ1) is 20.7. The monoisotopic (exact) mass is 395 g/mol. The number of sulfonamides is 1. The number of epoxide rings is 1. The number of nitrogens with zero attached hydrogens (tertiary/aromatic N) is 1. The Morgan fingerprint density at radius 2 is 2.00 bits per heavy atom. The summed E-state index contributed by atoms with van der Waals surface area (Å²) in [6, 6.07) is 2.61. The van der Waals surface area contributed by atoms with Gasteiger partial charge in [0, 0.05) is 20.0 Å². The van der Waals surface area contributed by atoms with Crippen LogP contribution < -0.4 is 0 Å². The summed E-state index contributed by atoms with van der Waals surface area (Å²) in [6.45, 7) is 2.27. The molecule has 1 atom stereocenters. The van der Waals surface area contributed by atoms with Crippen LogP contribution in [0.5, 0.6) is 0 Å². The molecule has 0 aromatic heterocycles. The van der Waals surface area contributed by atoms with E-state index in [4.69, 9.17) is 9.47 Å². The first-order valence-electron chi connectivity index (χ1n) is 7.98. The summed E-state index contributed by atoms with van der Waals surface area (Å²) in [5.41, 5.74) is -0.976. The van der Waals surface area contributed by atoms with E-state index in [1.54, 1.807) is 6.92 Å². The Morgan fingerprint density at radius 3 is 2.54 bits per heavy atom. The summed E-state index contributed by atoms with van der Waals surface area (Å²) < 4.78 is 75.3. The van der Waals surface area contributed by atoms with Crippen LogP contribution in [0.25, 0.3) is 0 Å². The number of rotatable bonds is 8. The average Bonchev–Trinajstić information content (AvgIpc) is 3.36. The molecule has 1 aliphatic rings. The third-order valence-corrected chi connectivity index (χ3v) is 5.59. The van der Waals surface area contributed by atoms with Crippen molar-refractivity contribution in [3.05, 3.63) is 29.3 Å². The molecule has 1 saturated heterocycles. The lowest BCUT2D eigenvalue weighted by molar-refractivity contribution is -0.143. The number of likely N-dealkylation sites (N-methyl/N-ethyl adjacent to an activating group) is 1. The third kappa shape index (κ3) is 5.42. The molecule has 0 saturated carbocycles. The molecule has 0 spiro atoms. The number of carbonyl (C=O) groups excluding carboxylic acids is 1. The standard InChI is InChI=1S/C16H20F3NO5S/c1-3-24-15(21)5-4-11-6-12(16(17,18)19)8-14(7-11)26(22,23)20(2)9-13-10-25-13/h6-8,13H,3-5,9-10H2,1-2H3/t13-/m0/s1. The Balaban J connectivity index is 2.31. The summed E-state index contributed by atoms with van der Waals surface area (Å²) in [5.74, 6) is -0.558. The second-order valence-electron chi connectivity index (χ2n) is 5.91. The predicted octanol–water partition coefficient (Wildman–Crippen LogP) is 2.22.